The van der Waals surface area contributed by atoms with Crippen LogP contribution in [-0.2, 0) is 6.54 Å². The summed E-state index contributed by atoms with van der Waals surface area (Å²) >= 11 is 0. The normalized spacial score (nSPS) is 16.6. The van der Waals surface area contributed by atoms with Gasteiger partial charge >= 0.3 is 0 Å². The predicted octanol–water partition coefficient (Wildman–Crippen LogP) is 2.54. The Labute approximate surface area is 109 Å². The van der Waals surface area contributed by atoms with E-state index in [9.17, 15) is 0 Å². The molecule has 0 aromatic carbocycles. The van der Waals surface area contributed by atoms with Crippen molar-refractivity contribution >= 4 is 0 Å². The molecule has 1 heterocycles. The number of nitrogens with zero attached hydrogens (tertiary/aromatic N) is 2. The lowest BCUT2D eigenvalue weighted by Crippen LogP contribution is -2.16. The molecule has 0 radical (unpaired) electrons. The zero-order chi connectivity index (χ0) is 12.8. The van der Waals surface area contributed by atoms with E-state index >= 15 is 0 Å². The third kappa shape index (κ3) is 4.61. The number of hydrogen-bond donors (Lipinski definition) is 1. The van der Waals surface area contributed by atoms with Crippen LogP contribution in [0.5, 0.6) is 5.88 Å². The first-order chi connectivity index (χ1) is 8.78. The van der Waals surface area contributed by atoms with Gasteiger partial charge in [-0.25, -0.2) is 0 Å². The molecule has 18 heavy (non-hydrogen) atoms. The first kappa shape index (κ1) is 13.3. The minimum absolute atomic E-state index is 0.577. The van der Waals surface area contributed by atoms with Gasteiger partial charge < -0.3 is 10.1 Å². The van der Waals surface area contributed by atoms with Crippen molar-refractivity contribution in [1.29, 1.82) is 0 Å². The lowest BCUT2D eigenvalue weighted by molar-refractivity contribution is 0.240. The fourth-order valence-electron chi connectivity index (χ4n) is 1.86. The lowest BCUT2D eigenvalue weighted by Gasteiger charge is -2.11. The molecule has 1 atom stereocenters. The Hall–Kier alpha value is -1.16. The molecular weight excluding hydrogens is 226 g/mol. The second-order valence-corrected chi connectivity index (χ2v) is 5.22. The van der Waals surface area contributed by atoms with Gasteiger partial charge in [0.2, 0.25) is 5.88 Å². The number of rotatable bonds is 8. The van der Waals surface area contributed by atoms with Crippen molar-refractivity contribution in [2.75, 3.05) is 6.61 Å². The van der Waals surface area contributed by atoms with Crippen molar-refractivity contribution in [2.45, 2.75) is 52.1 Å². The molecule has 1 aliphatic rings. The van der Waals surface area contributed by atoms with E-state index in [1.54, 1.807) is 0 Å². The quantitative estimate of drug-likeness (QED) is 0.769. The molecule has 2 rings (SSSR count). The summed E-state index contributed by atoms with van der Waals surface area (Å²) < 4.78 is 5.62. The Morgan fingerprint density at radius 3 is 2.83 bits per heavy atom. The highest BCUT2D eigenvalue weighted by Gasteiger charge is 2.20. The Balaban J connectivity index is 1.72. The minimum atomic E-state index is 0.577. The molecule has 0 saturated heterocycles. The Kier molecular flexibility index (Phi) is 4.93. The maximum absolute atomic E-state index is 5.62. The van der Waals surface area contributed by atoms with Crippen molar-refractivity contribution in [3.05, 3.63) is 17.8 Å². The van der Waals surface area contributed by atoms with E-state index in [1.807, 2.05) is 12.1 Å². The van der Waals surface area contributed by atoms with Crippen LogP contribution >= 0.6 is 0 Å². The maximum Gasteiger partial charge on any atom is 0.233 e. The molecular formula is C14H23N3O. The van der Waals surface area contributed by atoms with Gasteiger partial charge in [0.15, 0.2) is 0 Å². The summed E-state index contributed by atoms with van der Waals surface area (Å²) in [6.45, 7) is 5.93. The van der Waals surface area contributed by atoms with Crippen molar-refractivity contribution in [1.82, 2.24) is 15.5 Å². The number of ether oxygens (including phenoxy) is 1. The van der Waals surface area contributed by atoms with Crippen LogP contribution in [0.15, 0.2) is 12.1 Å². The Morgan fingerprint density at radius 2 is 2.22 bits per heavy atom. The molecule has 1 saturated carbocycles. The Bertz CT molecular complexity index is 349. The van der Waals surface area contributed by atoms with E-state index < -0.39 is 0 Å². The maximum atomic E-state index is 5.62. The van der Waals surface area contributed by atoms with Gasteiger partial charge in [0.05, 0.1) is 12.3 Å². The average Bonchev–Trinajstić information content (AvgIpc) is 3.19. The minimum Gasteiger partial charge on any atom is -0.476 e. The average molecular weight is 249 g/mol. The van der Waals surface area contributed by atoms with Crippen LogP contribution in [0.25, 0.3) is 0 Å². The molecule has 1 aliphatic carbocycles. The van der Waals surface area contributed by atoms with Crippen LogP contribution in [0.1, 0.15) is 45.2 Å². The zero-order valence-electron chi connectivity index (χ0n) is 11.4. The van der Waals surface area contributed by atoms with Crippen molar-refractivity contribution in [3.8, 4) is 5.88 Å². The van der Waals surface area contributed by atoms with Gasteiger partial charge in [-0.1, -0.05) is 20.3 Å². The second-order valence-electron chi connectivity index (χ2n) is 5.22. The summed E-state index contributed by atoms with van der Waals surface area (Å²) in [5.74, 6) is 1.21. The molecule has 1 N–H and O–H groups in total. The van der Waals surface area contributed by atoms with Gasteiger partial charge in [0, 0.05) is 18.7 Å². The summed E-state index contributed by atoms with van der Waals surface area (Å²) in [6, 6.07) is 4.61. The molecule has 0 bridgehead atoms. The Morgan fingerprint density at radius 1 is 1.39 bits per heavy atom. The molecule has 1 fully saturated rings. The van der Waals surface area contributed by atoms with Gasteiger partial charge in [-0.2, -0.15) is 5.10 Å². The van der Waals surface area contributed by atoms with Crippen molar-refractivity contribution in [2.24, 2.45) is 5.92 Å². The molecule has 4 heteroatoms. The fourth-order valence-corrected chi connectivity index (χ4v) is 1.86. The zero-order valence-corrected chi connectivity index (χ0v) is 11.4. The van der Waals surface area contributed by atoms with Crippen LogP contribution in [0.4, 0.5) is 0 Å². The summed E-state index contributed by atoms with van der Waals surface area (Å²) in [4.78, 5) is 0. The monoisotopic (exact) mass is 249 g/mol. The highest BCUT2D eigenvalue weighted by Crippen LogP contribution is 2.19. The molecule has 1 unspecified atom stereocenters. The molecule has 4 nitrogen and oxygen atoms in total. The van der Waals surface area contributed by atoms with Crippen LogP contribution in [0, 0.1) is 5.92 Å². The molecule has 0 amide bonds. The third-order valence-electron chi connectivity index (χ3n) is 3.14. The highest BCUT2D eigenvalue weighted by molar-refractivity contribution is 5.11. The largest absolute Gasteiger partial charge is 0.476 e. The molecule has 0 aliphatic heterocycles. The fraction of sp³-hybridized carbons (Fsp3) is 0.714. The predicted molar refractivity (Wildman–Crippen MR) is 71.5 cm³/mol. The second kappa shape index (κ2) is 6.69. The van der Waals surface area contributed by atoms with E-state index in [0.29, 0.717) is 17.8 Å². The standard InChI is InChI=1S/C14H23N3O/c1-3-4-11(2)10-18-14-8-7-13(16-17-14)9-15-12-5-6-12/h7-8,11-12,15H,3-6,9-10H2,1-2H3. The van der Waals surface area contributed by atoms with E-state index in [4.69, 9.17) is 4.74 Å². The van der Waals surface area contributed by atoms with Gasteiger partial charge in [-0.15, -0.1) is 5.10 Å². The van der Waals surface area contributed by atoms with E-state index in [-0.39, 0.29) is 0 Å². The first-order valence-electron chi connectivity index (χ1n) is 6.96. The number of aromatic nitrogens is 2. The van der Waals surface area contributed by atoms with Crippen LogP contribution < -0.4 is 10.1 Å². The van der Waals surface area contributed by atoms with Gasteiger partial charge in [0.1, 0.15) is 0 Å². The molecule has 1 aromatic rings. The van der Waals surface area contributed by atoms with Crippen LogP contribution in [-0.4, -0.2) is 22.8 Å². The smallest absolute Gasteiger partial charge is 0.233 e. The summed E-state index contributed by atoms with van der Waals surface area (Å²) in [7, 11) is 0. The molecule has 100 valence electrons. The lowest BCUT2D eigenvalue weighted by atomic mass is 10.1. The van der Waals surface area contributed by atoms with E-state index in [1.165, 1.54) is 25.7 Å². The number of nitrogens with one attached hydrogen (secondary N) is 1. The van der Waals surface area contributed by atoms with Gasteiger partial charge in [-0.05, 0) is 31.2 Å². The summed E-state index contributed by atoms with van der Waals surface area (Å²) in [5, 5.41) is 11.7. The van der Waals surface area contributed by atoms with Gasteiger partial charge in [-0.3, -0.25) is 0 Å². The molecule has 1 aromatic heterocycles. The third-order valence-corrected chi connectivity index (χ3v) is 3.14. The summed E-state index contributed by atoms with van der Waals surface area (Å²) in [5.41, 5.74) is 0.982. The van der Waals surface area contributed by atoms with Crippen LogP contribution in [0.3, 0.4) is 0 Å². The van der Waals surface area contributed by atoms with E-state index in [0.717, 1.165) is 18.8 Å². The SMILES string of the molecule is CCCC(C)COc1ccc(CNC2CC2)nn1. The van der Waals surface area contributed by atoms with Crippen LogP contribution in [0.2, 0.25) is 0 Å². The van der Waals surface area contributed by atoms with Crippen molar-refractivity contribution in [3.63, 3.8) is 0 Å². The topological polar surface area (TPSA) is 47.0 Å². The molecule has 0 spiro atoms. The van der Waals surface area contributed by atoms with Crippen molar-refractivity contribution < 1.29 is 4.74 Å². The first-order valence-corrected chi connectivity index (χ1v) is 6.96. The number of hydrogen-bond acceptors (Lipinski definition) is 4. The summed E-state index contributed by atoms with van der Waals surface area (Å²) in [6.07, 6.45) is 4.98. The van der Waals surface area contributed by atoms with E-state index in [2.05, 4.69) is 29.4 Å². The highest BCUT2D eigenvalue weighted by atomic mass is 16.5. The van der Waals surface area contributed by atoms with Gasteiger partial charge in [0.25, 0.3) is 0 Å².